The Morgan fingerprint density at radius 3 is 2.19 bits per heavy atom. The van der Waals surface area contributed by atoms with Crippen molar-refractivity contribution in [3.8, 4) is 16.9 Å². The van der Waals surface area contributed by atoms with Crippen molar-refractivity contribution < 1.29 is 13.2 Å². The maximum Gasteiger partial charge on any atom is 0.416 e. The third-order valence-corrected chi connectivity index (χ3v) is 5.43. The lowest BCUT2D eigenvalue weighted by Crippen LogP contribution is -2.20. The molecule has 1 aliphatic rings. The van der Waals surface area contributed by atoms with Crippen molar-refractivity contribution in [2.24, 2.45) is 0 Å². The van der Waals surface area contributed by atoms with Gasteiger partial charge in [0.15, 0.2) is 5.65 Å². The maximum atomic E-state index is 12.9. The van der Waals surface area contributed by atoms with Crippen LogP contribution in [0.1, 0.15) is 18.4 Å². The van der Waals surface area contributed by atoms with Gasteiger partial charge in [-0.1, -0.05) is 30.3 Å². The molecular formula is C22H19F3N6. The van der Waals surface area contributed by atoms with Gasteiger partial charge >= 0.3 is 6.18 Å². The molecule has 0 atom stereocenters. The first-order valence-electron chi connectivity index (χ1n) is 9.96. The van der Waals surface area contributed by atoms with Crippen LogP contribution in [-0.4, -0.2) is 32.8 Å². The maximum absolute atomic E-state index is 12.9. The normalized spacial score (nSPS) is 14.5. The van der Waals surface area contributed by atoms with Gasteiger partial charge in [-0.3, -0.25) is 0 Å². The number of aromatic nitrogens is 4. The Labute approximate surface area is 176 Å². The summed E-state index contributed by atoms with van der Waals surface area (Å²) in [7, 11) is 0. The summed E-state index contributed by atoms with van der Waals surface area (Å²) >= 11 is 0. The highest BCUT2D eigenvalue weighted by Crippen LogP contribution is 2.35. The van der Waals surface area contributed by atoms with Crippen LogP contribution in [0.25, 0.3) is 28.0 Å². The van der Waals surface area contributed by atoms with Gasteiger partial charge in [-0.05, 0) is 37.1 Å². The van der Waals surface area contributed by atoms with Crippen molar-refractivity contribution in [3.05, 3.63) is 60.2 Å². The molecule has 0 unspecified atom stereocenters. The van der Waals surface area contributed by atoms with E-state index in [1.807, 2.05) is 30.3 Å². The van der Waals surface area contributed by atoms with Crippen LogP contribution in [0.15, 0.2) is 54.6 Å². The number of alkyl halides is 3. The molecule has 0 aliphatic carbocycles. The molecule has 4 aromatic rings. The lowest BCUT2D eigenvalue weighted by Gasteiger charge is -2.16. The molecule has 6 nitrogen and oxygen atoms in total. The van der Waals surface area contributed by atoms with Crippen molar-refractivity contribution in [1.29, 1.82) is 0 Å². The smallest absolute Gasteiger partial charge is 0.383 e. The molecule has 0 amide bonds. The molecule has 0 saturated carbocycles. The van der Waals surface area contributed by atoms with Crippen LogP contribution in [0.4, 0.5) is 24.9 Å². The summed E-state index contributed by atoms with van der Waals surface area (Å²) in [5.74, 6) is 0.863. The predicted molar refractivity (Wildman–Crippen MR) is 113 cm³/mol. The first-order valence-corrected chi connectivity index (χ1v) is 9.96. The number of anilines is 2. The van der Waals surface area contributed by atoms with Crippen LogP contribution in [0.2, 0.25) is 0 Å². The molecule has 1 saturated heterocycles. The predicted octanol–water partition coefficient (Wildman–Crippen LogP) is 4.68. The third-order valence-electron chi connectivity index (χ3n) is 5.43. The fourth-order valence-electron chi connectivity index (χ4n) is 3.85. The second-order valence-corrected chi connectivity index (χ2v) is 7.47. The number of fused-ring (bicyclic) bond motifs is 1. The van der Waals surface area contributed by atoms with E-state index < -0.39 is 11.7 Å². The first-order chi connectivity index (χ1) is 14.9. The molecule has 0 bridgehead atoms. The van der Waals surface area contributed by atoms with Crippen LogP contribution in [0, 0.1) is 0 Å². The summed E-state index contributed by atoms with van der Waals surface area (Å²) < 4.78 is 40.2. The van der Waals surface area contributed by atoms with Crippen LogP contribution >= 0.6 is 0 Å². The lowest BCUT2D eigenvalue weighted by atomic mass is 10.1. The Hall–Kier alpha value is -3.62. The number of hydrogen-bond donors (Lipinski definition) is 1. The second-order valence-electron chi connectivity index (χ2n) is 7.47. The molecule has 2 aromatic heterocycles. The largest absolute Gasteiger partial charge is 0.416 e. The number of nitrogens with zero attached hydrogens (tertiary/aromatic N) is 5. The summed E-state index contributed by atoms with van der Waals surface area (Å²) in [5, 5.41) is 5.10. The molecular weight excluding hydrogens is 405 g/mol. The van der Waals surface area contributed by atoms with E-state index in [1.165, 1.54) is 16.8 Å². The van der Waals surface area contributed by atoms with Crippen molar-refractivity contribution in [3.63, 3.8) is 0 Å². The topological polar surface area (TPSA) is 72.9 Å². The number of nitrogens with two attached hydrogens (primary N) is 1. The van der Waals surface area contributed by atoms with Crippen LogP contribution in [0.3, 0.4) is 0 Å². The Kier molecular flexibility index (Phi) is 4.53. The zero-order valence-corrected chi connectivity index (χ0v) is 16.5. The molecule has 3 heterocycles. The van der Waals surface area contributed by atoms with E-state index in [0.717, 1.165) is 43.6 Å². The molecule has 5 rings (SSSR count). The Balaban J connectivity index is 1.69. The van der Waals surface area contributed by atoms with Gasteiger partial charge in [-0.15, -0.1) is 5.10 Å². The van der Waals surface area contributed by atoms with E-state index in [2.05, 4.69) is 15.0 Å². The highest BCUT2D eigenvalue weighted by Gasteiger charge is 2.30. The second kappa shape index (κ2) is 7.26. The number of benzene rings is 2. The summed E-state index contributed by atoms with van der Waals surface area (Å²) in [5.41, 5.74) is 8.05. The van der Waals surface area contributed by atoms with Crippen molar-refractivity contribution in [2.75, 3.05) is 23.7 Å². The quantitative estimate of drug-likeness (QED) is 0.517. The van der Waals surface area contributed by atoms with E-state index in [4.69, 9.17) is 10.7 Å². The van der Waals surface area contributed by atoms with Crippen LogP contribution in [-0.2, 0) is 6.18 Å². The van der Waals surface area contributed by atoms with Gasteiger partial charge in [-0.25, -0.2) is 9.67 Å². The van der Waals surface area contributed by atoms with Crippen molar-refractivity contribution in [1.82, 2.24) is 19.7 Å². The summed E-state index contributed by atoms with van der Waals surface area (Å²) in [6, 6.07) is 14.3. The van der Waals surface area contributed by atoms with E-state index >= 15 is 0 Å². The molecule has 9 heteroatoms. The Morgan fingerprint density at radius 1 is 0.871 bits per heavy atom. The van der Waals surface area contributed by atoms with Gasteiger partial charge in [0, 0.05) is 18.7 Å². The molecule has 1 fully saturated rings. The highest BCUT2D eigenvalue weighted by atomic mass is 19.4. The fourth-order valence-corrected chi connectivity index (χ4v) is 3.85. The lowest BCUT2D eigenvalue weighted by molar-refractivity contribution is -0.137. The number of hydrogen-bond acceptors (Lipinski definition) is 5. The van der Waals surface area contributed by atoms with E-state index in [1.54, 1.807) is 0 Å². The van der Waals surface area contributed by atoms with Crippen LogP contribution < -0.4 is 10.6 Å². The molecule has 158 valence electrons. The SMILES string of the molecule is Nc1c2c(-c3ccccc3)nc(N3CCCC3)nc2nn1-c1ccc(C(F)(F)F)cc1. The van der Waals surface area contributed by atoms with Gasteiger partial charge in [-0.2, -0.15) is 18.2 Å². The summed E-state index contributed by atoms with van der Waals surface area (Å²) in [6.45, 7) is 1.74. The van der Waals surface area contributed by atoms with Gasteiger partial charge in [0.05, 0.1) is 22.3 Å². The van der Waals surface area contributed by atoms with Crippen LogP contribution in [0.5, 0.6) is 0 Å². The molecule has 1 aliphatic heterocycles. The minimum Gasteiger partial charge on any atom is -0.383 e. The molecule has 2 aromatic carbocycles. The zero-order valence-electron chi connectivity index (χ0n) is 16.5. The standard InChI is InChI=1S/C22H19F3N6/c23-22(24,25)15-8-10-16(11-9-15)31-19(26)17-18(14-6-2-1-3-7-14)27-21(28-20(17)29-31)30-12-4-5-13-30/h1-3,6-11H,4-5,12-13,26H2. The van der Waals surface area contributed by atoms with E-state index in [-0.39, 0.29) is 5.82 Å². The fraction of sp³-hybridized carbons (Fsp3) is 0.227. The first kappa shape index (κ1) is 19.3. The van der Waals surface area contributed by atoms with E-state index in [9.17, 15) is 13.2 Å². The molecule has 0 radical (unpaired) electrons. The summed E-state index contributed by atoms with van der Waals surface area (Å²) in [6.07, 6.45) is -2.26. The van der Waals surface area contributed by atoms with Gasteiger partial charge in [0.25, 0.3) is 0 Å². The highest BCUT2D eigenvalue weighted by molar-refractivity contribution is 5.99. The summed E-state index contributed by atoms with van der Waals surface area (Å²) in [4.78, 5) is 11.5. The minimum absolute atomic E-state index is 0.279. The Bertz CT molecular complexity index is 1230. The molecule has 31 heavy (non-hydrogen) atoms. The number of halogens is 3. The Morgan fingerprint density at radius 2 is 1.55 bits per heavy atom. The van der Waals surface area contributed by atoms with E-state index in [0.29, 0.717) is 28.4 Å². The van der Waals surface area contributed by atoms with Crippen molar-refractivity contribution in [2.45, 2.75) is 19.0 Å². The average molecular weight is 424 g/mol. The number of nitrogen functional groups attached to an aromatic ring is 1. The van der Waals surface area contributed by atoms with Gasteiger partial charge < -0.3 is 10.6 Å². The van der Waals surface area contributed by atoms with Gasteiger partial charge in [0.2, 0.25) is 5.95 Å². The molecule has 0 spiro atoms. The monoisotopic (exact) mass is 424 g/mol. The minimum atomic E-state index is -4.41. The van der Waals surface area contributed by atoms with Gasteiger partial charge in [0.1, 0.15) is 5.82 Å². The van der Waals surface area contributed by atoms with Crippen molar-refractivity contribution >= 4 is 22.8 Å². The zero-order chi connectivity index (χ0) is 21.6. The average Bonchev–Trinajstić information content (AvgIpc) is 3.42. The third kappa shape index (κ3) is 3.45. The number of rotatable bonds is 3. The molecule has 2 N–H and O–H groups in total.